The van der Waals surface area contributed by atoms with Crippen LogP contribution in [0.2, 0.25) is 0 Å². The zero-order chi connectivity index (χ0) is 24.9. The molecule has 2 heterocycles. The van der Waals surface area contributed by atoms with E-state index in [-0.39, 0.29) is 19.1 Å². The highest BCUT2D eigenvalue weighted by Gasteiger charge is 2.36. The minimum atomic E-state index is -4.71. The summed E-state index contributed by atoms with van der Waals surface area (Å²) in [6.07, 6.45) is -5.17. The average Bonchev–Trinajstić information content (AvgIpc) is 2.80. The first-order valence-electron chi connectivity index (χ1n) is 10.5. The number of nitrogens with zero attached hydrogens (tertiary/aromatic N) is 3. The lowest BCUT2D eigenvalue weighted by molar-refractivity contribution is -0.137. The molecule has 2 aromatic heterocycles. The molecule has 3 rings (SSSR count). The van der Waals surface area contributed by atoms with Gasteiger partial charge in [-0.3, -0.25) is 4.98 Å². The van der Waals surface area contributed by atoms with Crippen LogP contribution in [0.5, 0.6) is 0 Å². The number of aliphatic hydroxyl groups is 3. The van der Waals surface area contributed by atoms with Gasteiger partial charge in [0.2, 0.25) is 5.95 Å². The zero-order valence-electron chi connectivity index (χ0n) is 18.6. The van der Waals surface area contributed by atoms with Gasteiger partial charge in [-0.2, -0.15) is 18.2 Å². The molecule has 0 fully saturated rings. The Morgan fingerprint density at radius 3 is 2.35 bits per heavy atom. The fraction of sp³-hybridized carbons (Fsp3) is 0.348. The molecule has 3 aromatic rings. The van der Waals surface area contributed by atoms with Gasteiger partial charge >= 0.3 is 6.18 Å². The molecule has 0 bridgehead atoms. The highest BCUT2D eigenvalue weighted by molar-refractivity contribution is 5.60. The zero-order valence-corrected chi connectivity index (χ0v) is 18.6. The Labute approximate surface area is 194 Å². The molecule has 0 aliphatic carbocycles. The monoisotopic (exact) mass is 477 g/mol. The van der Waals surface area contributed by atoms with E-state index in [9.17, 15) is 28.5 Å². The predicted molar refractivity (Wildman–Crippen MR) is 121 cm³/mol. The van der Waals surface area contributed by atoms with Crippen molar-refractivity contribution in [2.75, 3.05) is 17.2 Å². The Hall–Kier alpha value is -3.28. The number of hydrogen-bond acceptors (Lipinski definition) is 8. The summed E-state index contributed by atoms with van der Waals surface area (Å²) in [5.41, 5.74) is 2.85. The topological polar surface area (TPSA) is 123 Å². The molecule has 0 radical (unpaired) electrons. The van der Waals surface area contributed by atoms with Crippen molar-refractivity contribution in [1.29, 1.82) is 0 Å². The summed E-state index contributed by atoms with van der Waals surface area (Å²) in [6.45, 7) is 2.77. The normalized spacial score (nSPS) is 13.4. The number of halogens is 3. The van der Waals surface area contributed by atoms with Crippen LogP contribution in [0.3, 0.4) is 0 Å². The van der Waals surface area contributed by atoms with Gasteiger partial charge in [-0.25, -0.2) is 4.98 Å². The quantitative estimate of drug-likeness (QED) is 0.319. The number of rotatable bonds is 9. The number of hydrogen-bond donors (Lipinski definition) is 5. The second-order valence-electron chi connectivity index (χ2n) is 7.86. The standard InChI is InChI=1S/C23H26F3N5O3/c1-13-7-17(11-32)29-19(8-13)16-5-3-15(4-6-16)9-27-22-28-10-18(23(24,25)26)21(31-22)30-20(12-33)14(2)34/h3-8,10,14,20,32-34H,9,11-12H2,1-2H3,(H2,27,28,30,31)/t14-,20-/m1/s1. The molecule has 182 valence electrons. The van der Waals surface area contributed by atoms with Gasteiger partial charge in [0.15, 0.2) is 0 Å². The number of pyridine rings is 1. The molecule has 5 N–H and O–H groups in total. The Bertz CT molecular complexity index is 1110. The van der Waals surface area contributed by atoms with Crippen molar-refractivity contribution in [1.82, 2.24) is 15.0 Å². The number of benzene rings is 1. The van der Waals surface area contributed by atoms with Crippen LogP contribution in [0.15, 0.2) is 42.6 Å². The first-order valence-corrected chi connectivity index (χ1v) is 10.5. The van der Waals surface area contributed by atoms with Crippen LogP contribution in [-0.4, -0.2) is 49.0 Å². The highest BCUT2D eigenvalue weighted by Crippen LogP contribution is 2.34. The van der Waals surface area contributed by atoms with Gasteiger partial charge in [0.25, 0.3) is 0 Å². The van der Waals surface area contributed by atoms with Crippen molar-refractivity contribution < 1.29 is 28.5 Å². The van der Waals surface area contributed by atoms with Crippen molar-refractivity contribution in [3.63, 3.8) is 0 Å². The molecular formula is C23H26F3N5O3. The van der Waals surface area contributed by atoms with E-state index in [0.717, 1.165) is 22.4 Å². The second-order valence-corrected chi connectivity index (χ2v) is 7.86. The first kappa shape index (κ1) is 25.3. The molecule has 0 aliphatic rings. The fourth-order valence-corrected chi connectivity index (χ4v) is 3.22. The Balaban J connectivity index is 1.76. The minimum absolute atomic E-state index is 0.0465. The number of aromatic nitrogens is 3. The van der Waals surface area contributed by atoms with Gasteiger partial charge in [0.1, 0.15) is 11.4 Å². The number of aryl methyl sites for hydroxylation is 1. The smallest absolute Gasteiger partial charge is 0.394 e. The summed E-state index contributed by atoms with van der Waals surface area (Å²) in [7, 11) is 0. The molecule has 34 heavy (non-hydrogen) atoms. The first-order chi connectivity index (χ1) is 16.1. The largest absolute Gasteiger partial charge is 0.421 e. The molecule has 0 amide bonds. The van der Waals surface area contributed by atoms with Crippen LogP contribution >= 0.6 is 0 Å². The molecule has 0 spiro atoms. The van der Waals surface area contributed by atoms with E-state index in [1.807, 2.05) is 37.3 Å². The minimum Gasteiger partial charge on any atom is -0.394 e. The van der Waals surface area contributed by atoms with Crippen LogP contribution in [-0.2, 0) is 19.3 Å². The van der Waals surface area contributed by atoms with Gasteiger partial charge in [-0.1, -0.05) is 24.3 Å². The molecule has 0 aliphatic heterocycles. The van der Waals surface area contributed by atoms with Crippen LogP contribution in [0.1, 0.15) is 29.3 Å². The lowest BCUT2D eigenvalue weighted by Crippen LogP contribution is -2.36. The molecule has 1 aromatic carbocycles. The highest BCUT2D eigenvalue weighted by atomic mass is 19.4. The molecule has 8 nitrogen and oxygen atoms in total. The van der Waals surface area contributed by atoms with Crippen molar-refractivity contribution in [3.05, 3.63) is 65.0 Å². The van der Waals surface area contributed by atoms with Gasteiger partial charge in [-0.15, -0.1) is 0 Å². The van der Waals surface area contributed by atoms with E-state index < -0.39 is 36.3 Å². The lowest BCUT2D eigenvalue weighted by atomic mass is 10.1. The maximum absolute atomic E-state index is 13.4. The van der Waals surface area contributed by atoms with Gasteiger partial charge in [-0.05, 0) is 37.1 Å². The van der Waals surface area contributed by atoms with Crippen molar-refractivity contribution >= 4 is 11.8 Å². The SMILES string of the molecule is Cc1cc(CO)nc(-c2ccc(CNc3ncc(C(F)(F)F)c(N[C@H](CO)[C@@H](C)O)n3)cc2)c1. The summed E-state index contributed by atoms with van der Waals surface area (Å²) in [4.78, 5) is 12.1. The van der Waals surface area contributed by atoms with E-state index in [0.29, 0.717) is 11.9 Å². The number of alkyl halides is 3. The van der Waals surface area contributed by atoms with Gasteiger partial charge in [0.05, 0.1) is 36.7 Å². The van der Waals surface area contributed by atoms with Crippen molar-refractivity contribution in [2.45, 2.75) is 45.3 Å². The summed E-state index contributed by atoms with van der Waals surface area (Å²) < 4.78 is 40.1. The van der Waals surface area contributed by atoms with Crippen LogP contribution in [0, 0.1) is 6.92 Å². The summed E-state index contributed by atoms with van der Waals surface area (Å²) in [6, 6.07) is 10.1. The molecular weight excluding hydrogens is 451 g/mol. The molecule has 0 saturated carbocycles. The van der Waals surface area contributed by atoms with E-state index >= 15 is 0 Å². The van der Waals surface area contributed by atoms with Crippen LogP contribution in [0.25, 0.3) is 11.3 Å². The lowest BCUT2D eigenvalue weighted by Gasteiger charge is -2.22. The Kier molecular flexibility index (Phi) is 8.02. The molecule has 2 atom stereocenters. The van der Waals surface area contributed by atoms with Gasteiger partial charge in [0, 0.05) is 18.3 Å². The molecule has 0 unspecified atom stereocenters. The summed E-state index contributed by atoms with van der Waals surface area (Å²) in [5.74, 6) is -0.583. The maximum Gasteiger partial charge on any atom is 0.421 e. The number of nitrogens with one attached hydrogen (secondary N) is 2. The third-order valence-electron chi connectivity index (χ3n) is 5.08. The fourth-order valence-electron chi connectivity index (χ4n) is 3.22. The van der Waals surface area contributed by atoms with E-state index in [1.54, 1.807) is 6.07 Å². The molecule has 0 saturated heterocycles. The average molecular weight is 477 g/mol. The van der Waals surface area contributed by atoms with Crippen molar-refractivity contribution in [2.24, 2.45) is 0 Å². The second kappa shape index (κ2) is 10.8. The van der Waals surface area contributed by atoms with Crippen molar-refractivity contribution in [3.8, 4) is 11.3 Å². The third-order valence-corrected chi connectivity index (χ3v) is 5.08. The Morgan fingerprint density at radius 1 is 1.06 bits per heavy atom. The predicted octanol–water partition coefficient (Wildman–Crippen LogP) is 3.12. The maximum atomic E-state index is 13.4. The summed E-state index contributed by atoms with van der Waals surface area (Å²) >= 11 is 0. The van der Waals surface area contributed by atoms with Gasteiger partial charge < -0.3 is 26.0 Å². The number of anilines is 2. The Morgan fingerprint density at radius 2 is 1.76 bits per heavy atom. The van der Waals surface area contributed by atoms with E-state index in [4.69, 9.17) is 0 Å². The van der Waals surface area contributed by atoms with Crippen LogP contribution in [0.4, 0.5) is 24.9 Å². The van der Waals surface area contributed by atoms with E-state index in [2.05, 4.69) is 25.6 Å². The van der Waals surface area contributed by atoms with E-state index in [1.165, 1.54) is 6.92 Å². The summed E-state index contributed by atoms with van der Waals surface area (Å²) in [5, 5.41) is 33.7. The molecule has 11 heteroatoms. The third kappa shape index (κ3) is 6.40. The van der Waals surface area contributed by atoms with Crippen LogP contribution < -0.4 is 10.6 Å². The number of aliphatic hydroxyl groups excluding tert-OH is 3.